The molecule has 9 nitrogen and oxygen atoms in total. The summed E-state index contributed by atoms with van der Waals surface area (Å²) < 4.78 is 17.0. The van der Waals surface area contributed by atoms with Crippen LogP contribution < -0.4 is 20.4 Å². The third kappa shape index (κ3) is 5.73. The highest BCUT2D eigenvalue weighted by molar-refractivity contribution is 5.81. The SMILES string of the molecule is C1=CC2NC=C(/C=N/Nc3cc(N4CCOCC4)cc(OCCN4CCOCC4)n3)C2C=C1. The van der Waals surface area contributed by atoms with Crippen LogP contribution in [0.2, 0.25) is 0 Å². The van der Waals surface area contributed by atoms with Crippen molar-refractivity contribution in [3.05, 3.63) is 48.2 Å². The molecule has 2 atom stereocenters. The lowest BCUT2D eigenvalue weighted by Gasteiger charge is -2.29. The maximum absolute atomic E-state index is 6.05. The van der Waals surface area contributed by atoms with Crippen LogP contribution >= 0.6 is 0 Å². The first-order valence-electron chi connectivity index (χ1n) is 11.7. The molecule has 0 spiro atoms. The molecule has 1 aromatic rings. The number of hydrazone groups is 1. The number of hydrogen-bond donors (Lipinski definition) is 2. The first-order valence-corrected chi connectivity index (χ1v) is 11.7. The maximum Gasteiger partial charge on any atom is 0.217 e. The van der Waals surface area contributed by atoms with Crippen molar-refractivity contribution < 1.29 is 14.2 Å². The van der Waals surface area contributed by atoms with Crippen LogP contribution in [-0.2, 0) is 9.47 Å². The molecule has 2 fully saturated rings. The molecule has 0 radical (unpaired) electrons. The average molecular weight is 453 g/mol. The summed E-state index contributed by atoms with van der Waals surface area (Å²) in [6.45, 7) is 8.07. The fourth-order valence-corrected chi connectivity index (χ4v) is 4.40. The highest BCUT2D eigenvalue weighted by Gasteiger charge is 2.25. The summed E-state index contributed by atoms with van der Waals surface area (Å²) in [6, 6.07) is 4.34. The van der Waals surface area contributed by atoms with Gasteiger partial charge in [0.15, 0.2) is 5.82 Å². The van der Waals surface area contributed by atoms with Gasteiger partial charge in [-0.15, -0.1) is 0 Å². The monoisotopic (exact) mass is 452 g/mol. The van der Waals surface area contributed by atoms with Gasteiger partial charge in [0.2, 0.25) is 5.88 Å². The number of fused-ring (bicyclic) bond motifs is 1. The number of nitrogens with zero attached hydrogens (tertiary/aromatic N) is 4. The Morgan fingerprint density at radius 2 is 1.88 bits per heavy atom. The van der Waals surface area contributed by atoms with E-state index < -0.39 is 0 Å². The largest absolute Gasteiger partial charge is 0.476 e. The van der Waals surface area contributed by atoms with Crippen LogP contribution in [0.4, 0.5) is 11.5 Å². The summed E-state index contributed by atoms with van der Waals surface area (Å²) in [7, 11) is 0. The van der Waals surface area contributed by atoms with Crippen LogP contribution in [0.15, 0.2) is 53.3 Å². The number of morpholine rings is 2. The third-order valence-electron chi connectivity index (χ3n) is 6.28. The van der Waals surface area contributed by atoms with Crippen LogP contribution in [0.5, 0.6) is 5.88 Å². The Labute approximate surface area is 194 Å². The van der Waals surface area contributed by atoms with Crippen molar-refractivity contribution in [3.63, 3.8) is 0 Å². The van der Waals surface area contributed by atoms with Crippen molar-refractivity contribution in [2.24, 2.45) is 11.0 Å². The summed E-state index contributed by atoms with van der Waals surface area (Å²) in [5.74, 6) is 1.58. The van der Waals surface area contributed by atoms with Gasteiger partial charge < -0.3 is 24.4 Å². The summed E-state index contributed by atoms with van der Waals surface area (Å²) in [5, 5.41) is 7.85. The van der Waals surface area contributed by atoms with E-state index in [1.807, 2.05) is 24.5 Å². The van der Waals surface area contributed by atoms with Crippen molar-refractivity contribution in [2.45, 2.75) is 6.04 Å². The lowest BCUT2D eigenvalue weighted by atomic mass is 9.92. The van der Waals surface area contributed by atoms with Crippen LogP contribution in [0.1, 0.15) is 0 Å². The van der Waals surface area contributed by atoms with E-state index in [1.54, 1.807) is 0 Å². The van der Waals surface area contributed by atoms with E-state index in [4.69, 9.17) is 14.2 Å². The molecular weight excluding hydrogens is 420 g/mol. The Morgan fingerprint density at radius 1 is 1.09 bits per heavy atom. The minimum Gasteiger partial charge on any atom is -0.476 e. The van der Waals surface area contributed by atoms with Crippen molar-refractivity contribution in [3.8, 4) is 5.88 Å². The number of anilines is 2. The number of aromatic nitrogens is 1. The smallest absolute Gasteiger partial charge is 0.217 e. The molecule has 4 aliphatic rings. The second-order valence-electron chi connectivity index (χ2n) is 8.45. The molecule has 2 N–H and O–H groups in total. The second-order valence-corrected chi connectivity index (χ2v) is 8.45. The predicted molar refractivity (Wildman–Crippen MR) is 129 cm³/mol. The molecule has 33 heavy (non-hydrogen) atoms. The quantitative estimate of drug-likeness (QED) is 0.455. The second kappa shape index (κ2) is 10.8. The van der Waals surface area contributed by atoms with E-state index in [0.29, 0.717) is 30.3 Å². The minimum absolute atomic E-state index is 0.311. The van der Waals surface area contributed by atoms with Gasteiger partial charge in [0, 0.05) is 62.7 Å². The zero-order chi connectivity index (χ0) is 22.3. The molecule has 3 aliphatic heterocycles. The topological polar surface area (TPSA) is 83.5 Å². The summed E-state index contributed by atoms with van der Waals surface area (Å²) in [6.07, 6.45) is 12.4. The predicted octanol–water partition coefficient (Wildman–Crippen LogP) is 1.62. The fraction of sp³-hybridized carbons (Fsp3) is 0.500. The zero-order valence-corrected chi connectivity index (χ0v) is 18.9. The Hall–Kier alpha value is -2.88. The Kier molecular flexibility index (Phi) is 7.20. The van der Waals surface area contributed by atoms with Gasteiger partial charge >= 0.3 is 0 Å². The summed E-state index contributed by atoms with van der Waals surface area (Å²) >= 11 is 0. The number of allylic oxidation sites excluding steroid dienone is 2. The average Bonchev–Trinajstić information content (AvgIpc) is 3.28. The van der Waals surface area contributed by atoms with Crippen molar-refractivity contribution >= 4 is 17.7 Å². The molecule has 0 aromatic carbocycles. The molecule has 9 heteroatoms. The minimum atomic E-state index is 0.311. The van der Waals surface area contributed by atoms with Crippen molar-refractivity contribution in [2.75, 3.05) is 76.1 Å². The number of hydrogen-bond acceptors (Lipinski definition) is 9. The van der Waals surface area contributed by atoms with E-state index >= 15 is 0 Å². The van der Waals surface area contributed by atoms with E-state index in [0.717, 1.165) is 70.4 Å². The van der Waals surface area contributed by atoms with Crippen LogP contribution in [0.25, 0.3) is 0 Å². The molecule has 0 saturated carbocycles. The highest BCUT2D eigenvalue weighted by Crippen LogP contribution is 2.26. The molecule has 0 amide bonds. The fourth-order valence-electron chi connectivity index (χ4n) is 4.40. The van der Waals surface area contributed by atoms with Gasteiger partial charge in [0.25, 0.3) is 0 Å². The third-order valence-corrected chi connectivity index (χ3v) is 6.28. The lowest BCUT2D eigenvalue weighted by molar-refractivity contribution is 0.0320. The Morgan fingerprint density at radius 3 is 2.73 bits per heavy atom. The first kappa shape index (κ1) is 21.9. The van der Waals surface area contributed by atoms with E-state index in [1.165, 1.54) is 0 Å². The molecule has 1 aliphatic carbocycles. The Bertz CT molecular complexity index is 919. The van der Waals surface area contributed by atoms with Gasteiger partial charge in [-0.1, -0.05) is 24.3 Å². The normalized spacial score (nSPS) is 25.1. The Balaban J connectivity index is 1.24. The molecule has 2 saturated heterocycles. The zero-order valence-electron chi connectivity index (χ0n) is 18.9. The van der Waals surface area contributed by atoms with Crippen LogP contribution in [-0.4, -0.2) is 87.9 Å². The molecular formula is C24H32N6O3. The summed E-state index contributed by atoms with van der Waals surface area (Å²) in [5.41, 5.74) is 5.31. The molecule has 4 heterocycles. The molecule has 0 bridgehead atoms. The van der Waals surface area contributed by atoms with Gasteiger partial charge in [0.05, 0.1) is 38.7 Å². The van der Waals surface area contributed by atoms with E-state index in [9.17, 15) is 0 Å². The van der Waals surface area contributed by atoms with Gasteiger partial charge in [0.1, 0.15) is 6.61 Å². The van der Waals surface area contributed by atoms with E-state index in [2.05, 4.69) is 54.9 Å². The maximum atomic E-state index is 6.05. The lowest BCUT2D eigenvalue weighted by Crippen LogP contribution is -2.38. The van der Waals surface area contributed by atoms with Gasteiger partial charge in [-0.25, -0.2) is 0 Å². The van der Waals surface area contributed by atoms with Crippen molar-refractivity contribution in [1.82, 2.24) is 15.2 Å². The number of nitrogens with one attached hydrogen (secondary N) is 2. The number of rotatable bonds is 8. The molecule has 5 rings (SSSR count). The first-order chi connectivity index (χ1) is 16.3. The summed E-state index contributed by atoms with van der Waals surface area (Å²) in [4.78, 5) is 9.29. The van der Waals surface area contributed by atoms with Gasteiger partial charge in [-0.05, 0) is 5.57 Å². The number of ether oxygens (including phenoxy) is 3. The van der Waals surface area contributed by atoms with E-state index in [-0.39, 0.29) is 0 Å². The van der Waals surface area contributed by atoms with Crippen molar-refractivity contribution in [1.29, 1.82) is 0 Å². The van der Waals surface area contributed by atoms with Gasteiger partial charge in [-0.2, -0.15) is 10.1 Å². The number of pyridine rings is 1. The standard InChI is InChI=1S/C24H32N6O3/c1-2-4-22-21(3-1)19(17-25-22)18-26-28-23-15-20(30-8-12-32-13-9-30)16-24(27-23)33-14-7-29-5-10-31-11-6-29/h1-4,15-18,21-22,25H,5-14H2,(H,27,28)/b26-18+. The highest BCUT2D eigenvalue weighted by atomic mass is 16.5. The van der Waals surface area contributed by atoms with Gasteiger partial charge in [-0.3, -0.25) is 10.3 Å². The molecule has 1 aromatic heterocycles. The molecule has 2 unspecified atom stereocenters. The molecule has 176 valence electrons. The van der Waals surface area contributed by atoms with Crippen LogP contribution in [0, 0.1) is 5.92 Å². The van der Waals surface area contributed by atoms with Crippen LogP contribution in [0.3, 0.4) is 0 Å².